The van der Waals surface area contributed by atoms with E-state index in [1.54, 1.807) is 0 Å². The summed E-state index contributed by atoms with van der Waals surface area (Å²) in [6.45, 7) is 2.18. The van der Waals surface area contributed by atoms with Crippen LogP contribution in [-0.2, 0) is 17.6 Å². The molecule has 0 radical (unpaired) electrons. The van der Waals surface area contributed by atoms with Crippen molar-refractivity contribution >= 4 is 28.3 Å². The summed E-state index contributed by atoms with van der Waals surface area (Å²) in [7, 11) is 1.30. The van der Waals surface area contributed by atoms with Crippen LogP contribution < -0.4 is 11.1 Å². The molecule has 0 saturated carbocycles. The standard InChI is InChI=1S/C14H20N2O3S/c1-3-4-8-5-6-9-10(7-8)20-13(11(9)12(15)17)16-14(18)19-2/h8H,3-7H2,1-2H3,(H2,15,17)(H,16,18)/t8-/m0/s1. The SMILES string of the molecule is CCC[C@H]1CCc2c(sc(NC(=O)OC)c2C(N)=O)C1. The first-order chi connectivity index (χ1) is 9.56. The van der Waals surface area contributed by atoms with Gasteiger partial charge in [-0.05, 0) is 30.7 Å². The second kappa shape index (κ2) is 6.26. The fourth-order valence-electron chi connectivity index (χ4n) is 2.80. The number of ether oxygens (including phenoxy) is 1. The van der Waals surface area contributed by atoms with Gasteiger partial charge in [0.25, 0.3) is 5.91 Å². The number of carbonyl (C=O) groups excluding carboxylic acids is 2. The summed E-state index contributed by atoms with van der Waals surface area (Å²) in [6, 6.07) is 0. The minimum absolute atomic E-state index is 0.463. The van der Waals surface area contributed by atoms with Crippen LogP contribution in [0.5, 0.6) is 0 Å². The topological polar surface area (TPSA) is 81.4 Å². The minimum atomic E-state index is -0.573. The Labute approximate surface area is 122 Å². The van der Waals surface area contributed by atoms with Gasteiger partial charge in [0.15, 0.2) is 0 Å². The van der Waals surface area contributed by atoms with Crippen LogP contribution in [0.15, 0.2) is 0 Å². The van der Waals surface area contributed by atoms with Crippen molar-refractivity contribution in [3.63, 3.8) is 0 Å². The van der Waals surface area contributed by atoms with Gasteiger partial charge in [-0.25, -0.2) is 4.79 Å². The van der Waals surface area contributed by atoms with Gasteiger partial charge in [0, 0.05) is 4.88 Å². The number of nitrogens with one attached hydrogen (secondary N) is 1. The molecule has 20 heavy (non-hydrogen) atoms. The second-order valence-corrected chi connectivity index (χ2v) is 6.19. The van der Waals surface area contributed by atoms with Crippen molar-refractivity contribution < 1.29 is 14.3 Å². The van der Waals surface area contributed by atoms with Crippen molar-refractivity contribution in [1.82, 2.24) is 0 Å². The van der Waals surface area contributed by atoms with Gasteiger partial charge in [-0.1, -0.05) is 19.8 Å². The van der Waals surface area contributed by atoms with Gasteiger partial charge in [-0.15, -0.1) is 11.3 Å². The minimum Gasteiger partial charge on any atom is -0.453 e. The van der Waals surface area contributed by atoms with Crippen LogP contribution in [0.3, 0.4) is 0 Å². The maximum Gasteiger partial charge on any atom is 0.411 e. The highest BCUT2D eigenvalue weighted by Crippen LogP contribution is 2.40. The largest absolute Gasteiger partial charge is 0.453 e. The van der Waals surface area contributed by atoms with E-state index in [4.69, 9.17) is 5.73 Å². The molecule has 1 aromatic heterocycles. The third kappa shape index (κ3) is 2.95. The van der Waals surface area contributed by atoms with E-state index >= 15 is 0 Å². The highest BCUT2D eigenvalue weighted by atomic mass is 32.1. The Hall–Kier alpha value is -1.56. The molecule has 0 saturated heterocycles. The second-order valence-electron chi connectivity index (χ2n) is 5.09. The lowest BCUT2D eigenvalue weighted by atomic mass is 9.84. The number of nitrogens with two attached hydrogens (primary N) is 1. The summed E-state index contributed by atoms with van der Waals surface area (Å²) >= 11 is 1.45. The van der Waals surface area contributed by atoms with Crippen molar-refractivity contribution in [2.75, 3.05) is 12.4 Å². The van der Waals surface area contributed by atoms with Crippen molar-refractivity contribution in [3.8, 4) is 0 Å². The van der Waals surface area contributed by atoms with Crippen molar-refractivity contribution in [3.05, 3.63) is 16.0 Å². The van der Waals surface area contributed by atoms with Gasteiger partial charge in [0.1, 0.15) is 5.00 Å². The molecule has 1 heterocycles. The molecule has 0 unspecified atom stereocenters. The Kier molecular flexibility index (Phi) is 4.65. The molecule has 1 atom stereocenters. The lowest BCUT2D eigenvalue weighted by Gasteiger charge is -2.21. The maximum absolute atomic E-state index is 11.7. The fraction of sp³-hybridized carbons (Fsp3) is 0.571. The molecular weight excluding hydrogens is 276 g/mol. The molecule has 0 bridgehead atoms. The van der Waals surface area contributed by atoms with Crippen molar-refractivity contribution in [2.45, 2.75) is 39.0 Å². The zero-order valence-corrected chi connectivity index (χ0v) is 12.6. The first-order valence-corrected chi connectivity index (χ1v) is 7.67. The lowest BCUT2D eigenvalue weighted by molar-refractivity contribution is 0.1000. The quantitative estimate of drug-likeness (QED) is 0.896. The number of hydrogen-bond donors (Lipinski definition) is 2. The van der Waals surface area contributed by atoms with E-state index in [2.05, 4.69) is 17.0 Å². The average Bonchev–Trinajstić information content (AvgIpc) is 2.76. The summed E-state index contributed by atoms with van der Waals surface area (Å²) in [6.07, 6.45) is 4.70. The van der Waals surface area contributed by atoms with Gasteiger partial charge < -0.3 is 10.5 Å². The first kappa shape index (κ1) is 14.8. The summed E-state index contributed by atoms with van der Waals surface area (Å²) < 4.78 is 4.59. The number of rotatable bonds is 4. The van der Waals surface area contributed by atoms with E-state index < -0.39 is 12.0 Å². The average molecular weight is 296 g/mol. The van der Waals surface area contributed by atoms with Gasteiger partial charge in [0.05, 0.1) is 12.7 Å². The van der Waals surface area contributed by atoms with E-state index in [0.717, 1.165) is 24.8 Å². The number of methoxy groups -OCH3 is 1. The lowest BCUT2D eigenvalue weighted by Crippen LogP contribution is -2.19. The van der Waals surface area contributed by atoms with Crippen LogP contribution in [0.4, 0.5) is 9.80 Å². The van der Waals surface area contributed by atoms with E-state index in [9.17, 15) is 9.59 Å². The summed E-state index contributed by atoms with van der Waals surface area (Å²) in [5, 5.41) is 3.12. The molecule has 2 amide bonds. The molecule has 6 heteroatoms. The highest BCUT2D eigenvalue weighted by molar-refractivity contribution is 7.17. The van der Waals surface area contributed by atoms with E-state index in [1.807, 2.05) is 0 Å². The van der Waals surface area contributed by atoms with Gasteiger partial charge >= 0.3 is 6.09 Å². The molecule has 0 spiro atoms. The Balaban J connectivity index is 2.31. The Morgan fingerprint density at radius 2 is 2.25 bits per heavy atom. The normalized spacial score (nSPS) is 17.4. The number of fused-ring (bicyclic) bond motifs is 1. The van der Waals surface area contributed by atoms with Crippen molar-refractivity contribution in [2.24, 2.45) is 11.7 Å². The maximum atomic E-state index is 11.7. The highest BCUT2D eigenvalue weighted by Gasteiger charge is 2.28. The van der Waals surface area contributed by atoms with Crippen molar-refractivity contribution in [1.29, 1.82) is 0 Å². The van der Waals surface area contributed by atoms with E-state index in [0.29, 0.717) is 16.5 Å². The fourth-order valence-corrected chi connectivity index (χ4v) is 4.15. The van der Waals surface area contributed by atoms with Gasteiger partial charge in [-0.3, -0.25) is 10.1 Å². The molecule has 0 aliphatic heterocycles. The Bertz CT molecular complexity index is 525. The molecule has 2 rings (SSSR count). The summed E-state index contributed by atoms with van der Waals surface area (Å²) in [4.78, 5) is 24.2. The third-order valence-corrected chi connectivity index (χ3v) is 4.88. The first-order valence-electron chi connectivity index (χ1n) is 6.86. The van der Waals surface area contributed by atoms with Crippen LogP contribution in [-0.4, -0.2) is 19.1 Å². The molecule has 0 fully saturated rings. The van der Waals surface area contributed by atoms with Crippen LogP contribution in [0.2, 0.25) is 0 Å². The predicted octanol–water partition coefficient (Wildman–Crippen LogP) is 2.93. The Morgan fingerprint density at radius 3 is 2.85 bits per heavy atom. The van der Waals surface area contributed by atoms with Crippen LogP contribution in [0.25, 0.3) is 0 Å². The predicted molar refractivity (Wildman–Crippen MR) is 79.3 cm³/mol. The van der Waals surface area contributed by atoms with Crippen LogP contribution in [0, 0.1) is 5.92 Å². The molecule has 3 N–H and O–H groups in total. The number of carbonyl (C=O) groups is 2. The monoisotopic (exact) mass is 296 g/mol. The number of primary amides is 1. The molecule has 1 aliphatic rings. The number of amides is 2. The van der Waals surface area contributed by atoms with Gasteiger partial charge in [-0.2, -0.15) is 0 Å². The number of anilines is 1. The molecule has 0 aromatic carbocycles. The number of hydrogen-bond acceptors (Lipinski definition) is 4. The number of thiophene rings is 1. The van der Waals surface area contributed by atoms with E-state index in [1.165, 1.54) is 36.2 Å². The molecule has 1 aliphatic carbocycles. The molecule has 5 nitrogen and oxygen atoms in total. The zero-order valence-electron chi connectivity index (χ0n) is 11.8. The molecular formula is C14H20N2O3S. The third-order valence-electron chi connectivity index (χ3n) is 3.71. The van der Waals surface area contributed by atoms with Crippen LogP contribution in [0.1, 0.15) is 47.0 Å². The van der Waals surface area contributed by atoms with Gasteiger partial charge in [0.2, 0.25) is 0 Å². The molecule has 110 valence electrons. The Morgan fingerprint density at radius 1 is 1.50 bits per heavy atom. The smallest absolute Gasteiger partial charge is 0.411 e. The van der Waals surface area contributed by atoms with Crippen LogP contribution >= 0.6 is 11.3 Å². The zero-order chi connectivity index (χ0) is 14.7. The van der Waals surface area contributed by atoms with E-state index in [-0.39, 0.29) is 0 Å². The summed E-state index contributed by atoms with van der Waals surface area (Å²) in [5.41, 5.74) is 6.95. The summed E-state index contributed by atoms with van der Waals surface area (Å²) in [5.74, 6) is 0.181. The molecule has 1 aromatic rings.